The SMILES string of the molecule is N#Cc1ccc(S(=O)(=O)N2CCC3CN(CC(O)c4ccc5c(c4)COC5=O)CC32)cc1. The van der Waals surface area contributed by atoms with Crippen LogP contribution in [-0.2, 0) is 21.4 Å². The van der Waals surface area contributed by atoms with Gasteiger partial charge in [0.25, 0.3) is 0 Å². The van der Waals surface area contributed by atoms with E-state index in [1.165, 1.54) is 24.3 Å². The van der Waals surface area contributed by atoms with E-state index in [0.29, 0.717) is 30.8 Å². The third-order valence-electron chi connectivity index (χ3n) is 6.69. The molecule has 166 valence electrons. The summed E-state index contributed by atoms with van der Waals surface area (Å²) in [4.78, 5) is 13.9. The molecule has 32 heavy (non-hydrogen) atoms. The molecule has 0 aromatic heterocycles. The van der Waals surface area contributed by atoms with Gasteiger partial charge in [-0.1, -0.05) is 6.07 Å². The van der Waals surface area contributed by atoms with Crippen LogP contribution < -0.4 is 0 Å². The molecule has 2 aromatic carbocycles. The molecule has 0 amide bonds. The van der Waals surface area contributed by atoms with E-state index in [4.69, 9.17) is 10.00 Å². The summed E-state index contributed by atoms with van der Waals surface area (Å²) in [6.45, 7) is 2.39. The number of likely N-dealkylation sites (tertiary alicyclic amines) is 1. The van der Waals surface area contributed by atoms with Gasteiger partial charge in [0.1, 0.15) is 6.61 Å². The second-order valence-electron chi connectivity index (χ2n) is 8.60. The van der Waals surface area contributed by atoms with Crippen molar-refractivity contribution in [3.63, 3.8) is 0 Å². The van der Waals surface area contributed by atoms with Gasteiger partial charge in [0, 0.05) is 37.8 Å². The van der Waals surface area contributed by atoms with E-state index in [-0.39, 0.29) is 29.4 Å². The zero-order chi connectivity index (χ0) is 22.5. The molecule has 0 saturated carbocycles. The number of nitriles is 1. The second-order valence-corrected chi connectivity index (χ2v) is 10.5. The fourth-order valence-corrected chi connectivity index (χ4v) is 6.70. The zero-order valence-corrected chi connectivity index (χ0v) is 18.2. The van der Waals surface area contributed by atoms with E-state index in [1.54, 1.807) is 16.4 Å². The third-order valence-corrected chi connectivity index (χ3v) is 8.62. The molecule has 3 aliphatic heterocycles. The smallest absolute Gasteiger partial charge is 0.338 e. The number of benzene rings is 2. The zero-order valence-electron chi connectivity index (χ0n) is 17.3. The Hall–Kier alpha value is -2.77. The second kappa shape index (κ2) is 7.98. The number of rotatable bonds is 5. The first-order valence-corrected chi connectivity index (χ1v) is 12.0. The summed E-state index contributed by atoms with van der Waals surface area (Å²) < 4.78 is 33.0. The maximum Gasteiger partial charge on any atom is 0.338 e. The van der Waals surface area contributed by atoms with Crippen molar-refractivity contribution in [2.24, 2.45) is 5.92 Å². The monoisotopic (exact) mass is 453 g/mol. The van der Waals surface area contributed by atoms with Crippen LogP contribution in [0.2, 0.25) is 0 Å². The molecule has 5 rings (SSSR count). The van der Waals surface area contributed by atoms with Crippen LogP contribution in [0.5, 0.6) is 0 Å². The topological polar surface area (TPSA) is 111 Å². The maximum atomic E-state index is 13.2. The largest absolute Gasteiger partial charge is 0.457 e. The van der Waals surface area contributed by atoms with Gasteiger partial charge in [0.2, 0.25) is 10.0 Å². The van der Waals surface area contributed by atoms with Gasteiger partial charge in [-0.3, -0.25) is 4.90 Å². The van der Waals surface area contributed by atoms with E-state index in [9.17, 15) is 18.3 Å². The van der Waals surface area contributed by atoms with Crippen molar-refractivity contribution >= 4 is 16.0 Å². The molecule has 0 aliphatic carbocycles. The minimum Gasteiger partial charge on any atom is -0.457 e. The van der Waals surface area contributed by atoms with E-state index in [0.717, 1.165) is 24.1 Å². The van der Waals surface area contributed by atoms with Crippen LogP contribution in [0.25, 0.3) is 0 Å². The highest BCUT2D eigenvalue weighted by molar-refractivity contribution is 7.89. The van der Waals surface area contributed by atoms with Crippen LogP contribution in [-0.4, -0.2) is 60.9 Å². The number of aliphatic hydroxyl groups is 1. The van der Waals surface area contributed by atoms with Crippen molar-refractivity contribution in [2.75, 3.05) is 26.2 Å². The van der Waals surface area contributed by atoms with Gasteiger partial charge >= 0.3 is 5.97 Å². The van der Waals surface area contributed by atoms with Crippen molar-refractivity contribution in [3.05, 3.63) is 64.7 Å². The highest BCUT2D eigenvalue weighted by Gasteiger charge is 2.46. The van der Waals surface area contributed by atoms with Crippen molar-refractivity contribution in [2.45, 2.75) is 30.1 Å². The minimum atomic E-state index is -3.65. The molecule has 0 spiro atoms. The first-order valence-electron chi connectivity index (χ1n) is 10.6. The summed E-state index contributed by atoms with van der Waals surface area (Å²) in [5, 5.41) is 19.7. The Morgan fingerprint density at radius 2 is 1.97 bits per heavy atom. The number of sulfonamides is 1. The average molecular weight is 454 g/mol. The molecule has 1 N–H and O–H groups in total. The third kappa shape index (κ3) is 3.59. The maximum absolute atomic E-state index is 13.2. The van der Waals surface area contributed by atoms with E-state index >= 15 is 0 Å². The first kappa shape index (κ1) is 21.1. The number of carbonyl (C=O) groups is 1. The number of nitrogens with zero attached hydrogens (tertiary/aromatic N) is 3. The van der Waals surface area contributed by atoms with Crippen LogP contribution in [0.1, 0.15) is 39.6 Å². The number of hydrogen-bond acceptors (Lipinski definition) is 7. The Labute approximate surface area is 186 Å². The van der Waals surface area contributed by atoms with Crippen molar-refractivity contribution < 1.29 is 23.1 Å². The molecular formula is C23H23N3O5S. The molecule has 0 radical (unpaired) electrons. The highest BCUT2D eigenvalue weighted by atomic mass is 32.2. The van der Waals surface area contributed by atoms with Gasteiger partial charge in [-0.25, -0.2) is 13.2 Å². The number of hydrogen-bond donors (Lipinski definition) is 1. The average Bonchev–Trinajstić information content (AvgIpc) is 3.48. The van der Waals surface area contributed by atoms with E-state index in [2.05, 4.69) is 4.90 Å². The van der Waals surface area contributed by atoms with Gasteiger partial charge in [0.15, 0.2) is 0 Å². The van der Waals surface area contributed by atoms with Crippen molar-refractivity contribution in [1.29, 1.82) is 5.26 Å². The van der Waals surface area contributed by atoms with Crippen molar-refractivity contribution in [3.8, 4) is 6.07 Å². The van der Waals surface area contributed by atoms with Crippen molar-refractivity contribution in [1.82, 2.24) is 9.21 Å². The number of β-amino-alcohol motifs (C(OH)–C–C–N with tert-alkyl or cyclic N) is 1. The quantitative estimate of drug-likeness (QED) is 0.686. The van der Waals surface area contributed by atoms with Crippen LogP contribution in [0.3, 0.4) is 0 Å². The van der Waals surface area contributed by atoms with Gasteiger partial charge in [-0.2, -0.15) is 9.57 Å². The molecule has 9 heteroatoms. The first-order chi connectivity index (χ1) is 15.4. The van der Waals surface area contributed by atoms with Gasteiger partial charge < -0.3 is 9.84 Å². The fourth-order valence-electron chi connectivity index (χ4n) is 5.01. The summed E-state index contributed by atoms with van der Waals surface area (Å²) in [7, 11) is -3.65. The molecular weight excluding hydrogens is 430 g/mol. The lowest BCUT2D eigenvalue weighted by Gasteiger charge is -2.25. The molecule has 3 unspecified atom stereocenters. The molecule has 2 fully saturated rings. The normalized spacial score (nSPS) is 24.1. The lowest BCUT2D eigenvalue weighted by Crippen LogP contribution is -2.40. The van der Waals surface area contributed by atoms with E-state index in [1.807, 2.05) is 12.1 Å². The number of aliphatic hydroxyl groups excluding tert-OH is 1. The van der Waals surface area contributed by atoms with Gasteiger partial charge in [-0.05, 0) is 54.3 Å². The summed E-state index contributed by atoms with van der Waals surface area (Å²) in [5.74, 6) is -0.113. The fraction of sp³-hybridized carbons (Fsp3) is 0.391. The summed E-state index contributed by atoms with van der Waals surface area (Å²) in [5.41, 5.74) is 2.47. The minimum absolute atomic E-state index is 0.131. The van der Waals surface area contributed by atoms with Gasteiger partial charge in [0.05, 0.1) is 28.2 Å². The Kier molecular flexibility index (Phi) is 5.26. The Balaban J connectivity index is 1.27. The molecule has 3 heterocycles. The van der Waals surface area contributed by atoms with Crippen LogP contribution in [0.15, 0.2) is 47.4 Å². The molecule has 2 saturated heterocycles. The lowest BCUT2D eigenvalue weighted by molar-refractivity contribution is 0.0535. The number of ether oxygens (including phenoxy) is 1. The predicted octanol–water partition coefficient (Wildman–Crippen LogP) is 1.66. The molecule has 0 bridgehead atoms. The summed E-state index contributed by atoms with van der Waals surface area (Å²) in [6.07, 6.45) is 0.0452. The van der Waals surface area contributed by atoms with Gasteiger partial charge in [-0.15, -0.1) is 0 Å². The Morgan fingerprint density at radius 1 is 1.19 bits per heavy atom. The Morgan fingerprint density at radius 3 is 2.72 bits per heavy atom. The molecule has 2 aromatic rings. The number of carbonyl (C=O) groups excluding carboxylic acids is 1. The molecule has 8 nitrogen and oxygen atoms in total. The van der Waals surface area contributed by atoms with Crippen LogP contribution in [0.4, 0.5) is 0 Å². The standard InChI is InChI=1S/C23H23N3O5S/c24-10-15-1-4-19(5-2-15)32(29,30)26-8-7-17-11-25(12-21(17)26)13-22(27)16-3-6-20-18(9-16)14-31-23(20)28/h1-6,9,17,21-22,27H,7-8,11-14H2. The molecule has 3 aliphatic rings. The number of esters is 1. The van der Waals surface area contributed by atoms with E-state index < -0.39 is 16.1 Å². The number of fused-ring (bicyclic) bond motifs is 2. The summed E-state index contributed by atoms with van der Waals surface area (Å²) in [6, 6.07) is 13.1. The highest BCUT2D eigenvalue weighted by Crippen LogP contribution is 2.36. The summed E-state index contributed by atoms with van der Waals surface area (Å²) >= 11 is 0. The van der Waals surface area contributed by atoms with Crippen LogP contribution in [0, 0.1) is 17.2 Å². The molecule has 3 atom stereocenters. The number of cyclic esters (lactones) is 1. The lowest BCUT2D eigenvalue weighted by atomic mass is 10.0. The van der Waals surface area contributed by atoms with Crippen LogP contribution >= 0.6 is 0 Å². The Bertz CT molecular complexity index is 1210. The predicted molar refractivity (Wildman–Crippen MR) is 114 cm³/mol.